The smallest absolute Gasteiger partial charge is 0.317 e. The number of nitrogens with one attached hydrogen (secondary N) is 1. The maximum absolute atomic E-state index is 11.6. The normalized spacial score (nSPS) is 9.82. The van der Waals surface area contributed by atoms with Crippen LogP contribution in [0.2, 0.25) is 0 Å². The minimum absolute atomic E-state index is 0.0466. The fourth-order valence-electron chi connectivity index (χ4n) is 1.48. The number of hydrogen-bond acceptors (Lipinski definition) is 2. The first-order valence-corrected chi connectivity index (χ1v) is 5.79. The zero-order chi connectivity index (χ0) is 12.7. The molecule has 0 bridgehead atoms. The molecule has 1 aromatic rings. The van der Waals surface area contributed by atoms with Gasteiger partial charge in [-0.3, -0.25) is 0 Å². The Bertz CT molecular complexity index is 366. The molecule has 0 fully saturated rings. The van der Waals surface area contributed by atoms with Crippen LogP contribution in [0.4, 0.5) is 4.79 Å². The second-order valence-corrected chi connectivity index (χ2v) is 3.94. The van der Waals surface area contributed by atoms with Gasteiger partial charge >= 0.3 is 6.03 Å². The summed E-state index contributed by atoms with van der Waals surface area (Å²) in [5.74, 6) is 0.810. The molecule has 1 aromatic carbocycles. The number of nitrogens with zero attached hydrogens (tertiary/aromatic N) is 1. The van der Waals surface area contributed by atoms with E-state index in [0.717, 1.165) is 17.7 Å². The van der Waals surface area contributed by atoms with E-state index in [1.807, 2.05) is 31.2 Å². The van der Waals surface area contributed by atoms with Crippen LogP contribution in [0.1, 0.15) is 18.9 Å². The van der Waals surface area contributed by atoms with Crippen molar-refractivity contribution in [1.82, 2.24) is 10.2 Å². The van der Waals surface area contributed by atoms with Crippen molar-refractivity contribution < 1.29 is 9.53 Å². The highest BCUT2D eigenvalue weighted by Gasteiger charge is 2.08. The standard InChI is InChI=1S/C13H20N2O2/c1-4-8-14-13(16)15(2)10-11-6-5-7-12(9-11)17-3/h5-7,9H,4,8,10H2,1-3H3,(H,14,16). The zero-order valence-corrected chi connectivity index (χ0v) is 10.7. The molecule has 0 aliphatic rings. The van der Waals surface area contributed by atoms with Crippen LogP contribution in [0.15, 0.2) is 24.3 Å². The third kappa shape index (κ3) is 4.34. The molecule has 0 atom stereocenters. The lowest BCUT2D eigenvalue weighted by atomic mass is 10.2. The van der Waals surface area contributed by atoms with Crippen molar-refractivity contribution in [1.29, 1.82) is 0 Å². The van der Waals surface area contributed by atoms with Crippen LogP contribution in [0.25, 0.3) is 0 Å². The number of rotatable bonds is 5. The lowest BCUT2D eigenvalue weighted by Gasteiger charge is -2.18. The Morgan fingerprint density at radius 2 is 2.24 bits per heavy atom. The Kier molecular flexibility index (Phi) is 5.33. The van der Waals surface area contributed by atoms with Gasteiger partial charge in [-0.2, -0.15) is 0 Å². The number of amides is 2. The molecule has 0 spiro atoms. The Hall–Kier alpha value is -1.71. The molecule has 0 radical (unpaired) electrons. The van der Waals surface area contributed by atoms with Crippen molar-refractivity contribution in [3.05, 3.63) is 29.8 Å². The van der Waals surface area contributed by atoms with E-state index >= 15 is 0 Å². The predicted molar refractivity (Wildman–Crippen MR) is 68.2 cm³/mol. The molecule has 0 aliphatic carbocycles. The molecule has 0 saturated heterocycles. The first-order chi connectivity index (χ1) is 8.17. The minimum Gasteiger partial charge on any atom is -0.497 e. The summed E-state index contributed by atoms with van der Waals surface area (Å²) in [4.78, 5) is 13.3. The van der Waals surface area contributed by atoms with Gasteiger partial charge in [0.15, 0.2) is 0 Å². The Labute approximate surface area is 103 Å². The van der Waals surface area contributed by atoms with E-state index in [2.05, 4.69) is 5.32 Å². The van der Waals surface area contributed by atoms with Crippen LogP contribution >= 0.6 is 0 Å². The van der Waals surface area contributed by atoms with Crippen molar-refractivity contribution in [3.63, 3.8) is 0 Å². The molecule has 4 heteroatoms. The van der Waals surface area contributed by atoms with Crippen LogP contribution in [-0.2, 0) is 6.54 Å². The number of ether oxygens (including phenoxy) is 1. The van der Waals surface area contributed by atoms with Crippen LogP contribution in [-0.4, -0.2) is 31.6 Å². The number of hydrogen-bond donors (Lipinski definition) is 1. The van der Waals surface area contributed by atoms with Gasteiger partial charge in [0.2, 0.25) is 0 Å². The number of urea groups is 1. The summed E-state index contributed by atoms with van der Waals surface area (Å²) in [6, 6.07) is 7.68. The summed E-state index contributed by atoms with van der Waals surface area (Å²) in [6.07, 6.45) is 0.943. The summed E-state index contributed by atoms with van der Waals surface area (Å²) in [6.45, 7) is 3.32. The van der Waals surface area contributed by atoms with Gasteiger partial charge in [0.05, 0.1) is 7.11 Å². The highest BCUT2D eigenvalue weighted by Crippen LogP contribution is 2.13. The largest absolute Gasteiger partial charge is 0.497 e. The van der Waals surface area contributed by atoms with Gasteiger partial charge < -0.3 is 15.0 Å². The summed E-state index contributed by atoms with van der Waals surface area (Å²) >= 11 is 0. The van der Waals surface area contributed by atoms with Crippen molar-refractivity contribution in [2.75, 3.05) is 20.7 Å². The second-order valence-electron chi connectivity index (χ2n) is 3.94. The SMILES string of the molecule is CCCNC(=O)N(C)Cc1cccc(OC)c1. The molecule has 0 heterocycles. The summed E-state index contributed by atoms with van der Waals surface area (Å²) in [7, 11) is 3.42. The number of carbonyl (C=O) groups is 1. The van der Waals surface area contributed by atoms with E-state index in [-0.39, 0.29) is 6.03 Å². The van der Waals surface area contributed by atoms with E-state index in [4.69, 9.17) is 4.74 Å². The molecular weight excluding hydrogens is 216 g/mol. The molecule has 0 saturated carbocycles. The molecule has 1 rings (SSSR count). The predicted octanol–water partition coefficient (Wildman–Crippen LogP) is 2.25. The van der Waals surface area contributed by atoms with Crippen LogP contribution < -0.4 is 10.1 Å². The highest BCUT2D eigenvalue weighted by atomic mass is 16.5. The summed E-state index contributed by atoms with van der Waals surface area (Å²) < 4.78 is 5.14. The zero-order valence-electron chi connectivity index (χ0n) is 10.7. The van der Waals surface area contributed by atoms with Crippen molar-refractivity contribution >= 4 is 6.03 Å². The molecule has 0 aromatic heterocycles. The fraction of sp³-hybridized carbons (Fsp3) is 0.462. The van der Waals surface area contributed by atoms with Gasteiger partial charge in [-0.25, -0.2) is 4.79 Å². The Morgan fingerprint density at radius 3 is 2.88 bits per heavy atom. The number of benzene rings is 1. The first kappa shape index (κ1) is 13.4. The van der Waals surface area contributed by atoms with Crippen LogP contribution in [0.5, 0.6) is 5.75 Å². The van der Waals surface area contributed by atoms with Gasteiger partial charge in [-0.1, -0.05) is 19.1 Å². The van der Waals surface area contributed by atoms with E-state index in [9.17, 15) is 4.79 Å². The Morgan fingerprint density at radius 1 is 1.47 bits per heavy atom. The number of carbonyl (C=O) groups excluding carboxylic acids is 1. The van der Waals surface area contributed by atoms with Gasteiger partial charge in [0.1, 0.15) is 5.75 Å². The molecule has 4 nitrogen and oxygen atoms in total. The van der Waals surface area contributed by atoms with Crippen molar-refractivity contribution in [2.24, 2.45) is 0 Å². The topological polar surface area (TPSA) is 41.6 Å². The Balaban J connectivity index is 2.54. The van der Waals surface area contributed by atoms with E-state index in [1.54, 1.807) is 19.1 Å². The fourth-order valence-corrected chi connectivity index (χ4v) is 1.48. The first-order valence-electron chi connectivity index (χ1n) is 5.79. The quantitative estimate of drug-likeness (QED) is 0.852. The van der Waals surface area contributed by atoms with Crippen LogP contribution in [0, 0.1) is 0 Å². The summed E-state index contributed by atoms with van der Waals surface area (Å²) in [5, 5.41) is 2.84. The molecule has 0 aliphatic heterocycles. The van der Waals surface area contributed by atoms with Gasteiger partial charge in [0, 0.05) is 20.1 Å². The second kappa shape index (κ2) is 6.78. The van der Waals surface area contributed by atoms with Gasteiger partial charge in [0.25, 0.3) is 0 Å². The monoisotopic (exact) mass is 236 g/mol. The lowest BCUT2D eigenvalue weighted by Crippen LogP contribution is -2.37. The van der Waals surface area contributed by atoms with E-state index in [0.29, 0.717) is 13.1 Å². The number of methoxy groups -OCH3 is 1. The maximum atomic E-state index is 11.6. The van der Waals surface area contributed by atoms with E-state index in [1.165, 1.54) is 0 Å². The molecule has 1 N–H and O–H groups in total. The third-order valence-corrected chi connectivity index (χ3v) is 2.43. The maximum Gasteiger partial charge on any atom is 0.317 e. The molecular formula is C13H20N2O2. The van der Waals surface area contributed by atoms with Gasteiger partial charge in [-0.05, 0) is 24.1 Å². The van der Waals surface area contributed by atoms with Gasteiger partial charge in [-0.15, -0.1) is 0 Å². The highest BCUT2D eigenvalue weighted by molar-refractivity contribution is 5.73. The average molecular weight is 236 g/mol. The summed E-state index contributed by atoms with van der Waals surface area (Å²) in [5.41, 5.74) is 1.05. The van der Waals surface area contributed by atoms with Crippen LogP contribution in [0.3, 0.4) is 0 Å². The molecule has 2 amide bonds. The van der Waals surface area contributed by atoms with E-state index < -0.39 is 0 Å². The molecule has 94 valence electrons. The molecule has 0 unspecified atom stereocenters. The van der Waals surface area contributed by atoms with Crippen molar-refractivity contribution in [2.45, 2.75) is 19.9 Å². The third-order valence-electron chi connectivity index (χ3n) is 2.43. The lowest BCUT2D eigenvalue weighted by molar-refractivity contribution is 0.207. The molecule has 17 heavy (non-hydrogen) atoms. The van der Waals surface area contributed by atoms with Crippen molar-refractivity contribution in [3.8, 4) is 5.75 Å². The minimum atomic E-state index is -0.0466. The average Bonchev–Trinajstić information content (AvgIpc) is 2.36.